The van der Waals surface area contributed by atoms with Crippen LogP contribution < -0.4 is 10.6 Å². The number of halogens is 3. The van der Waals surface area contributed by atoms with Gasteiger partial charge < -0.3 is 10.6 Å². The van der Waals surface area contributed by atoms with Crippen LogP contribution in [0.5, 0.6) is 0 Å². The number of nitrogens with one attached hydrogen (secondary N) is 2. The number of anilines is 1. The third-order valence-corrected chi connectivity index (χ3v) is 3.85. The van der Waals surface area contributed by atoms with E-state index in [-0.39, 0.29) is 17.5 Å². The number of carbonyl (C=O) groups is 1. The number of rotatable bonds is 2. The minimum atomic E-state index is -4.41. The van der Waals surface area contributed by atoms with Gasteiger partial charge in [-0.05, 0) is 44.4 Å². The van der Waals surface area contributed by atoms with Crippen molar-refractivity contribution in [2.75, 3.05) is 11.9 Å². The number of hydrogen-bond donors (Lipinski definition) is 2. The molecule has 0 aliphatic carbocycles. The molecule has 1 aromatic rings. The van der Waals surface area contributed by atoms with E-state index in [1.807, 2.05) is 6.92 Å². The first kappa shape index (κ1) is 15.8. The Morgan fingerprint density at radius 3 is 2.62 bits per heavy atom. The van der Waals surface area contributed by atoms with Gasteiger partial charge in [-0.25, -0.2) is 0 Å². The fourth-order valence-electron chi connectivity index (χ4n) is 2.39. The number of piperidine rings is 1. The van der Waals surface area contributed by atoms with Gasteiger partial charge in [-0.1, -0.05) is 6.07 Å². The number of amides is 1. The highest BCUT2D eigenvalue weighted by Gasteiger charge is 2.31. The molecule has 1 amide bonds. The second-order valence-electron chi connectivity index (χ2n) is 5.60. The summed E-state index contributed by atoms with van der Waals surface area (Å²) in [6, 6.07) is 3.77. The Bertz CT molecular complexity index is 520. The fourth-order valence-corrected chi connectivity index (χ4v) is 2.39. The average Bonchev–Trinajstić information content (AvgIpc) is 2.40. The summed E-state index contributed by atoms with van der Waals surface area (Å²) in [5, 5.41) is 5.84. The van der Waals surface area contributed by atoms with E-state index in [0.717, 1.165) is 25.0 Å². The molecule has 1 aliphatic rings. The first-order valence-electron chi connectivity index (χ1n) is 6.99. The molecule has 0 aromatic heterocycles. The Kier molecular flexibility index (Phi) is 4.56. The number of carbonyl (C=O) groups excluding carboxylic acids is 1. The van der Waals surface area contributed by atoms with E-state index in [0.29, 0.717) is 18.2 Å². The van der Waals surface area contributed by atoms with E-state index < -0.39 is 11.7 Å². The van der Waals surface area contributed by atoms with Crippen LogP contribution in [-0.4, -0.2) is 18.5 Å². The van der Waals surface area contributed by atoms with Gasteiger partial charge in [0.2, 0.25) is 5.91 Å². The van der Waals surface area contributed by atoms with E-state index in [2.05, 4.69) is 10.6 Å². The Morgan fingerprint density at radius 1 is 1.33 bits per heavy atom. The molecule has 1 heterocycles. The molecular weight excluding hydrogens is 281 g/mol. The molecule has 116 valence electrons. The molecule has 0 bridgehead atoms. The molecule has 21 heavy (non-hydrogen) atoms. The Hall–Kier alpha value is -1.56. The van der Waals surface area contributed by atoms with Gasteiger partial charge in [0.25, 0.3) is 0 Å². The van der Waals surface area contributed by atoms with E-state index in [1.54, 1.807) is 6.92 Å². The first-order valence-corrected chi connectivity index (χ1v) is 6.99. The summed E-state index contributed by atoms with van der Waals surface area (Å²) in [5.41, 5.74) is 0.0979. The van der Waals surface area contributed by atoms with Crippen molar-refractivity contribution in [3.63, 3.8) is 0 Å². The van der Waals surface area contributed by atoms with Crippen LogP contribution in [0.3, 0.4) is 0 Å². The largest absolute Gasteiger partial charge is 0.416 e. The van der Waals surface area contributed by atoms with Crippen LogP contribution in [0.4, 0.5) is 18.9 Å². The second kappa shape index (κ2) is 6.05. The van der Waals surface area contributed by atoms with Crippen LogP contribution in [-0.2, 0) is 11.0 Å². The molecule has 1 fully saturated rings. The SMILES string of the molecule is Cc1ccc(C(F)(F)F)cc1NC(=O)C1CCC(C)NC1. The van der Waals surface area contributed by atoms with Gasteiger partial charge in [0.15, 0.2) is 0 Å². The third kappa shape index (κ3) is 3.97. The van der Waals surface area contributed by atoms with Crippen molar-refractivity contribution in [3.8, 4) is 0 Å². The number of hydrogen-bond acceptors (Lipinski definition) is 2. The van der Waals surface area contributed by atoms with Crippen LogP contribution in [0.25, 0.3) is 0 Å². The minimum absolute atomic E-state index is 0.199. The topological polar surface area (TPSA) is 41.1 Å². The van der Waals surface area contributed by atoms with Gasteiger partial charge in [-0.2, -0.15) is 13.2 Å². The third-order valence-electron chi connectivity index (χ3n) is 3.85. The van der Waals surface area contributed by atoms with Crippen molar-refractivity contribution in [2.24, 2.45) is 5.92 Å². The quantitative estimate of drug-likeness (QED) is 0.879. The molecule has 0 radical (unpaired) electrons. The zero-order chi connectivity index (χ0) is 15.6. The van der Waals surface area contributed by atoms with Crippen LogP contribution in [0.2, 0.25) is 0 Å². The zero-order valence-electron chi connectivity index (χ0n) is 12.1. The highest BCUT2D eigenvalue weighted by atomic mass is 19.4. The fraction of sp³-hybridized carbons (Fsp3) is 0.533. The minimum Gasteiger partial charge on any atom is -0.326 e. The monoisotopic (exact) mass is 300 g/mol. The Morgan fingerprint density at radius 2 is 2.05 bits per heavy atom. The lowest BCUT2D eigenvalue weighted by atomic mass is 9.94. The van der Waals surface area contributed by atoms with Crippen LogP contribution in [0.1, 0.15) is 30.9 Å². The molecule has 3 nitrogen and oxygen atoms in total. The van der Waals surface area contributed by atoms with Gasteiger partial charge in [-0.3, -0.25) is 4.79 Å². The van der Waals surface area contributed by atoms with Crippen molar-refractivity contribution in [2.45, 2.75) is 38.9 Å². The van der Waals surface area contributed by atoms with E-state index in [9.17, 15) is 18.0 Å². The lowest BCUT2D eigenvalue weighted by Crippen LogP contribution is -2.41. The summed E-state index contributed by atoms with van der Waals surface area (Å²) in [4.78, 5) is 12.2. The maximum atomic E-state index is 12.7. The van der Waals surface area contributed by atoms with E-state index in [4.69, 9.17) is 0 Å². The molecular formula is C15H19F3N2O. The standard InChI is InChI=1S/C15H19F3N2O/c1-9-3-6-12(15(16,17)18)7-13(9)20-14(21)11-5-4-10(2)19-8-11/h3,6-7,10-11,19H,4-5,8H2,1-2H3,(H,20,21). The van der Waals surface area contributed by atoms with Gasteiger partial charge in [0.1, 0.15) is 0 Å². The molecule has 2 N–H and O–H groups in total. The van der Waals surface area contributed by atoms with E-state index in [1.165, 1.54) is 6.07 Å². The summed E-state index contributed by atoms with van der Waals surface area (Å²) >= 11 is 0. The molecule has 1 aromatic carbocycles. The molecule has 6 heteroatoms. The molecule has 1 saturated heterocycles. The maximum Gasteiger partial charge on any atom is 0.416 e. The van der Waals surface area contributed by atoms with Crippen LogP contribution >= 0.6 is 0 Å². The van der Waals surface area contributed by atoms with Gasteiger partial charge >= 0.3 is 6.18 Å². The normalized spacial score (nSPS) is 22.9. The number of benzene rings is 1. The van der Waals surface area contributed by atoms with Gasteiger partial charge in [-0.15, -0.1) is 0 Å². The predicted octanol–water partition coefficient (Wildman–Crippen LogP) is 3.34. The number of alkyl halides is 3. The second-order valence-corrected chi connectivity index (χ2v) is 5.60. The lowest BCUT2D eigenvalue weighted by molar-refractivity contribution is -0.137. The average molecular weight is 300 g/mol. The Balaban J connectivity index is 2.10. The predicted molar refractivity (Wildman–Crippen MR) is 75.0 cm³/mol. The summed E-state index contributed by atoms with van der Waals surface area (Å²) < 4.78 is 38.1. The Labute approximate surface area is 121 Å². The van der Waals surface area contributed by atoms with Crippen molar-refractivity contribution < 1.29 is 18.0 Å². The van der Waals surface area contributed by atoms with Crippen molar-refractivity contribution in [3.05, 3.63) is 29.3 Å². The molecule has 2 atom stereocenters. The van der Waals surface area contributed by atoms with Crippen LogP contribution in [0, 0.1) is 12.8 Å². The van der Waals surface area contributed by atoms with Gasteiger partial charge in [0, 0.05) is 18.3 Å². The lowest BCUT2D eigenvalue weighted by Gasteiger charge is -2.27. The van der Waals surface area contributed by atoms with Crippen molar-refractivity contribution in [1.29, 1.82) is 0 Å². The summed E-state index contributed by atoms with van der Waals surface area (Å²) in [7, 11) is 0. The number of aryl methyl sites for hydroxylation is 1. The molecule has 0 saturated carbocycles. The molecule has 0 spiro atoms. The van der Waals surface area contributed by atoms with Crippen molar-refractivity contribution >= 4 is 11.6 Å². The molecule has 1 aliphatic heterocycles. The smallest absolute Gasteiger partial charge is 0.326 e. The molecule has 2 unspecified atom stereocenters. The first-order chi connectivity index (χ1) is 9.77. The summed E-state index contributed by atoms with van der Waals surface area (Å²) in [5.74, 6) is -0.424. The molecule has 2 rings (SSSR count). The summed E-state index contributed by atoms with van der Waals surface area (Å²) in [6.07, 6.45) is -2.77. The van der Waals surface area contributed by atoms with E-state index >= 15 is 0 Å². The van der Waals surface area contributed by atoms with Crippen molar-refractivity contribution in [1.82, 2.24) is 5.32 Å². The highest BCUT2D eigenvalue weighted by molar-refractivity contribution is 5.93. The van der Waals surface area contributed by atoms with Gasteiger partial charge in [0.05, 0.1) is 11.5 Å². The maximum absolute atomic E-state index is 12.7. The van der Waals surface area contributed by atoms with Crippen LogP contribution in [0.15, 0.2) is 18.2 Å². The zero-order valence-corrected chi connectivity index (χ0v) is 12.1. The highest BCUT2D eigenvalue weighted by Crippen LogP contribution is 2.32. The summed E-state index contributed by atoms with van der Waals surface area (Å²) in [6.45, 7) is 4.28.